The molecule has 0 atom stereocenters. The van der Waals surface area contributed by atoms with E-state index in [4.69, 9.17) is 23.2 Å². The molecule has 0 aliphatic carbocycles. The molecule has 0 radical (unpaired) electrons. The summed E-state index contributed by atoms with van der Waals surface area (Å²) in [5.41, 5.74) is 0.337. The van der Waals surface area contributed by atoms with E-state index in [9.17, 15) is 26.4 Å². The van der Waals surface area contributed by atoms with E-state index in [1.807, 2.05) is 0 Å². The zero-order valence-electron chi connectivity index (χ0n) is 12.8. The van der Waals surface area contributed by atoms with E-state index in [0.29, 0.717) is 0 Å². The zero-order chi connectivity index (χ0) is 19.5. The number of rotatable bonds is 5. The molecule has 0 saturated carbocycles. The molecule has 11 heteroatoms. The maximum Gasteiger partial charge on any atom is 0.402 e. The minimum Gasteiger partial charge on any atom is -0.322 e. The predicted molar refractivity (Wildman–Crippen MR) is 92.1 cm³/mol. The number of hydrogen-bond donors (Lipinski definition) is 2. The summed E-state index contributed by atoms with van der Waals surface area (Å²) in [5, 5.41) is 2.73. The second-order valence-electron chi connectivity index (χ2n) is 5.02. The summed E-state index contributed by atoms with van der Waals surface area (Å²) in [4.78, 5) is 11.8. The lowest BCUT2D eigenvalue weighted by Gasteiger charge is -2.11. The molecule has 0 saturated heterocycles. The van der Waals surface area contributed by atoms with Crippen molar-refractivity contribution in [3.8, 4) is 0 Å². The molecular formula is C15H11Cl2F3N2O3S. The van der Waals surface area contributed by atoms with Crippen LogP contribution in [0.5, 0.6) is 0 Å². The van der Waals surface area contributed by atoms with Crippen LogP contribution in [-0.2, 0) is 10.0 Å². The fourth-order valence-corrected chi connectivity index (χ4v) is 3.26. The van der Waals surface area contributed by atoms with E-state index in [1.54, 1.807) is 0 Å². The number of sulfonamides is 1. The smallest absolute Gasteiger partial charge is 0.322 e. The van der Waals surface area contributed by atoms with E-state index < -0.39 is 28.7 Å². The Labute approximate surface area is 157 Å². The van der Waals surface area contributed by atoms with Crippen molar-refractivity contribution in [3.63, 3.8) is 0 Å². The highest BCUT2D eigenvalue weighted by Gasteiger charge is 2.30. The topological polar surface area (TPSA) is 75.3 Å². The van der Waals surface area contributed by atoms with E-state index in [2.05, 4.69) is 5.32 Å². The number of anilines is 1. The molecule has 0 aliphatic rings. The molecule has 140 valence electrons. The molecule has 2 N–H and O–H groups in total. The maximum atomic E-state index is 12.2. The van der Waals surface area contributed by atoms with Crippen LogP contribution in [0.15, 0.2) is 47.4 Å². The molecule has 0 unspecified atom stereocenters. The summed E-state index contributed by atoms with van der Waals surface area (Å²) < 4.78 is 61.4. The van der Waals surface area contributed by atoms with Crippen LogP contribution >= 0.6 is 23.2 Å². The van der Waals surface area contributed by atoms with Crippen molar-refractivity contribution in [1.82, 2.24) is 4.72 Å². The van der Waals surface area contributed by atoms with E-state index in [0.717, 1.165) is 12.1 Å². The Bertz CT molecular complexity index is 917. The zero-order valence-corrected chi connectivity index (χ0v) is 15.1. The number of alkyl halides is 3. The number of hydrogen-bond acceptors (Lipinski definition) is 3. The second-order valence-corrected chi connectivity index (χ2v) is 7.57. The fraction of sp³-hybridized carbons (Fsp3) is 0.133. The highest BCUT2D eigenvalue weighted by Crippen LogP contribution is 2.26. The van der Waals surface area contributed by atoms with Gasteiger partial charge in [-0.3, -0.25) is 4.79 Å². The van der Waals surface area contributed by atoms with Gasteiger partial charge in [0.15, 0.2) is 0 Å². The lowest BCUT2D eigenvalue weighted by molar-refractivity contribution is -0.121. The first-order chi connectivity index (χ1) is 12.0. The Balaban J connectivity index is 2.12. The Morgan fingerprint density at radius 1 is 1.04 bits per heavy atom. The number of halogens is 5. The summed E-state index contributed by atoms with van der Waals surface area (Å²) in [6, 6.07) is 9.08. The van der Waals surface area contributed by atoms with Gasteiger partial charge in [-0.15, -0.1) is 0 Å². The average molecular weight is 427 g/mol. The van der Waals surface area contributed by atoms with Crippen LogP contribution in [0, 0.1) is 0 Å². The molecule has 0 heterocycles. The normalized spacial score (nSPS) is 12.0. The van der Waals surface area contributed by atoms with Crippen LogP contribution in [0.1, 0.15) is 10.4 Å². The van der Waals surface area contributed by atoms with Crippen molar-refractivity contribution >= 4 is 44.8 Å². The Hall–Kier alpha value is -1.81. The second kappa shape index (κ2) is 7.83. The van der Waals surface area contributed by atoms with E-state index in [-0.39, 0.29) is 26.2 Å². The summed E-state index contributed by atoms with van der Waals surface area (Å²) >= 11 is 11.8. The fourth-order valence-electron chi connectivity index (χ4n) is 1.86. The van der Waals surface area contributed by atoms with Gasteiger partial charge in [0, 0.05) is 5.69 Å². The molecule has 2 aromatic carbocycles. The van der Waals surface area contributed by atoms with Gasteiger partial charge in [0.05, 0.1) is 20.5 Å². The Morgan fingerprint density at radius 3 is 2.23 bits per heavy atom. The molecule has 2 aromatic rings. The van der Waals surface area contributed by atoms with Gasteiger partial charge >= 0.3 is 6.18 Å². The van der Waals surface area contributed by atoms with Gasteiger partial charge in [0.2, 0.25) is 10.0 Å². The van der Waals surface area contributed by atoms with E-state index >= 15 is 0 Å². The number of nitrogens with one attached hydrogen (secondary N) is 2. The summed E-state index contributed by atoms with van der Waals surface area (Å²) in [6.45, 7) is -1.68. The van der Waals surface area contributed by atoms with Crippen LogP contribution in [0.25, 0.3) is 0 Å². The molecule has 2 rings (SSSR count). The largest absolute Gasteiger partial charge is 0.402 e. The van der Waals surface area contributed by atoms with Crippen molar-refractivity contribution in [3.05, 3.63) is 58.1 Å². The van der Waals surface area contributed by atoms with Crippen molar-refractivity contribution in [2.45, 2.75) is 11.1 Å². The predicted octanol–water partition coefficient (Wildman–Crippen LogP) is 4.09. The van der Waals surface area contributed by atoms with Crippen LogP contribution < -0.4 is 10.0 Å². The lowest BCUT2D eigenvalue weighted by Crippen LogP contribution is -2.33. The third-order valence-corrected chi connectivity index (χ3v) is 5.32. The molecular weight excluding hydrogens is 416 g/mol. The standard InChI is InChI=1S/C15H11Cl2F3N2O3S/c16-12-3-1-2-11(13(12)17)14(23)22-9-4-6-10(7-5-9)26(24,25)21-8-15(18,19)20/h1-7,21H,8H2,(H,22,23). The number of benzene rings is 2. The molecule has 0 bridgehead atoms. The van der Waals surface area contributed by atoms with Gasteiger partial charge in [0.25, 0.3) is 5.91 Å². The van der Waals surface area contributed by atoms with Gasteiger partial charge in [-0.05, 0) is 36.4 Å². The minimum atomic E-state index is -4.67. The average Bonchev–Trinajstić information content (AvgIpc) is 2.55. The molecule has 5 nitrogen and oxygen atoms in total. The van der Waals surface area contributed by atoms with Crippen molar-refractivity contribution in [1.29, 1.82) is 0 Å². The monoisotopic (exact) mass is 426 g/mol. The third kappa shape index (κ3) is 5.34. The van der Waals surface area contributed by atoms with Gasteiger partial charge in [-0.25, -0.2) is 13.1 Å². The molecule has 0 aliphatic heterocycles. The van der Waals surface area contributed by atoms with Crippen LogP contribution in [0.4, 0.5) is 18.9 Å². The first kappa shape index (κ1) is 20.5. The maximum absolute atomic E-state index is 12.2. The molecule has 0 fully saturated rings. The first-order valence-corrected chi connectivity index (χ1v) is 9.15. The van der Waals surface area contributed by atoms with Crippen molar-refractivity contribution < 1.29 is 26.4 Å². The molecule has 0 aromatic heterocycles. The summed E-state index contributed by atoms with van der Waals surface area (Å²) in [6.07, 6.45) is -4.67. The van der Waals surface area contributed by atoms with Gasteiger partial charge < -0.3 is 5.32 Å². The number of amides is 1. The quantitative estimate of drug-likeness (QED) is 0.755. The first-order valence-electron chi connectivity index (χ1n) is 6.91. The summed E-state index contributed by atoms with van der Waals surface area (Å²) in [5.74, 6) is -0.580. The molecule has 1 amide bonds. The molecule has 26 heavy (non-hydrogen) atoms. The van der Waals surface area contributed by atoms with Crippen molar-refractivity contribution in [2.24, 2.45) is 0 Å². The third-order valence-electron chi connectivity index (χ3n) is 3.08. The van der Waals surface area contributed by atoms with E-state index in [1.165, 1.54) is 35.1 Å². The van der Waals surface area contributed by atoms with Gasteiger partial charge in [-0.1, -0.05) is 29.3 Å². The van der Waals surface area contributed by atoms with Crippen LogP contribution in [0.3, 0.4) is 0 Å². The van der Waals surface area contributed by atoms with Gasteiger partial charge in [-0.2, -0.15) is 13.2 Å². The number of carbonyl (C=O) groups is 1. The Kier molecular flexibility index (Phi) is 6.17. The SMILES string of the molecule is O=C(Nc1ccc(S(=O)(=O)NCC(F)(F)F)cc1)c1cccc(Cl)c1Cl. The Morgan fingerprint density at radius 2 is 1.65 bits per heavy atom. The molecule has 0 spiro atoms. The lowest BCUT2D eigenvalue weighted by atomic mass is 10.2. The minimum absolute atomic E-state index is 0.0576. The summed E-state index contributed by atoms with van der Waals surface area (Å²) in [7, 11) is -4.32. The van der Waals surface area contributed by atoms with Gasteiger partial charge in [0.1, 0.15) is 6.54 Å². The van der Waals surface area contributed by atoms with Crippen LogP contribution in [-0.4, -0.2) is 27.0 Å². The van der Waals surface area contributed by atoms with Crippen LogP contribution in [0.2, 0.25) is 10.0 Å². The van der Waals surface area contributed by atoms with Crippen molar-refractivity contribution in [2.75, 3.05) is 11.9 Å². The highest BCUT2D eigenvalue weighted by atomic mass is 35.5. The highest BCUT2D eigenvalue weighted by molar-refractivity contribution is 7.89. The number of carbonyl (C=O) groups excluding carboxylic acids is 1.